The van der Waals surface area contributed by atoms with Crippen LogP contribution in [0.5, 0.6) is 0 Å². The largest absolute Gasteiger partial charge is 0.354 e. The number of ether oxygens (including phenoxy) is 2. The molecule has 1 rings (SSSR count). The van der Waals surface area contributed by atoms with Crippen LogP contribution in [0.25, 0.3) is 0 Å². The van der Waals surface area contributed by atoms with Crippen molar-refractivity contribution in [2.75, 3.05) is 14.2 Å². The molecule has 16 heavy (non-hydrogen) atoms. The average molecular weight is 265 g/mol. The third-order valence-electron chi connectivity index (χ3n) is 2.22. The second-order valence-corrected chi connectivity index (χ2v) is 3.97. The Labute approximate surface area is 105 Å². The van der Waals surface area contributed by atoms with E-state index in [9.17, 15) is 0 Å². The molecule has 0 aliphatic carbocycles. The fourth-order valence-corrected chi connectivity index (χ4v) is 1.71. The molecule has 90 valence electrons. The van der Waals surface area contributed by atoms with Gasteiger partial charge in [0.05, 0.1) is 16.1 Å². The number of hydrazine groups is 1. The summed E-state index contributed by atoms with van der Waals surface area (Å²) in [4.78, 5) is 0. The average Bonchev–Trinajstić information content (AvgIpc) is 2.29. The normalized spacial score (nSPS) is 13.1. The van der Waals surface area contributed by atoms with Crippen LogP contribution in [0.4, 0.5) is 0 Å². The summed E-state index contributed by atoms with van der Waals surface area (Å²) in [5.74, 6) is 5.46. The minimum Gasteiger partial charge on any atom is -0.354 e. The Hall–Kier alpha value is -0.360. The molecule has 0 aliphatic heterocycles. The number of nitrogens with one attached hydrogen (secondary N) is 1. The molecule has 0 aliphatic rings. The summed E-state index contributed by atoms with van der Waals surface area (Å²) in [6, 6.07) is 4.92. The topological polar surface area (TPSA) is 56.5 Å². The van der Waals surface area contributed by atoms with Gasteiger partial charge < -0.3 is 9.47 Å². The van der Waals surface area contributed by atoms with E-state index in [0.29, 0.717) is 10.0 Å². The Bertz CT molecular complexity index is 346. The second-order valence-electron chi connectivity index (χ2n) is 3.16. The van der Waals surface area contributed by atoms with Crippen LogP contribution < -0.4 is 11.3 Å². The maximum absolute atomic E-state index is 5.92. The van der Waals surface area contributed by atoms with Crippen LogP contribution in [0.15, 0.2) is 18.2 Å². The predicted molar refractivity (Wildman–Crippen MR) is 64.3 cm³/mol. The maximum atomic E-state index is 5.92. The Morgan fingerprint density at radius 3 is 2.25 bits per heavy atom. The monoisotopic (exact) mass is 264 g/mol. The molecule has 1 aromatic rings. The van der Waals surface area contributed by atoms with E-state index in [2.05, 4.69) is 5.43 Å². The first-order valence-electron chi connectivity index (χ1n) is 4.60. The van der Waals surface area contributed by atoms with Crippen LogP contribution >= 0.6 is 23.2 Å². The van der Waals surface area contributed by atoms with E-state index < -0.39 is 6.29 Å². The zero-order valence-electron chi connectivity index (χ0n) is 9.04. The summed E-state index contributed by atoms with van der Waals surface area (Å²) >= 11 is 11.8. The highest BCUT2D eigenvalue weighted by molar-refractivity contribution is 6.42. The van der Waals surface area contributed by atoms with Crippen molar-refractivity contribution in [1.29, 1.82) is 0 Å². The predicted octanol–water partition coefficient (Wildman–Crippen LogP) is 2.12. The molecule has 0 saturated heterocycles. The molecule has 0 aromatic heterocycles. The smallest absolute Gasteiger partial charge is 0.177 e. The summed E-state index contributed by atoms with van der Waals surface area (Å²) in [7, 11) is 3.08. The quantitative estimate of drug-likeness (QED) is 0.486. The first-order chi connectivity index (χ1) is 7.63. The van der Waals surface area contributed by atoms with Gasteiger partial charge in [-0.1, -0.05) is 29.3 Å². The standard InChI is InChI=1S/C10H14Cl2N2O2/c1-15-10(16-2)9(14-13)6-3-4-7(11)8(12)5-6/h3-5,9-10,14H,13H2,1-2H3. The summed E-state index contributed by atoms with van der Waals surface area (Å²) in [6.07, 6.45) is -0.498. The van der Waals surface area contributed by atoms with Gasteiger partial charge in [0.15, 0.2) is 6.29 Å². The van der Waals surface area contributed by atoms with Gasteiger partial charge >= 0.3 is 0 Å². The lowest BCUT2D eigenvalue weighted by molar-refractivity contribution is -0.124. The van der Waals surface area contributed by atoms with Gasteiger partial charge in [-0.15, -0.1) is 0 Å². The molecule has 1 atom stereocenters. The number of halogens is 2. The zero-order chi connectivity index (χ0) is 12.1. The molecular formula is C10H14Cl2N2O2. The van der Waals surface area contributed by atoms with E-state index in [1.54, 1.807) is 12.1 Å². The molecule has 1 unspecified atom stereocenters. The van der Waals surface area contributed by atoms with Crippen molar-refractivity contribution >= 4 is 23.2 Å². The lowest BCUT2D eigenvalue weighted by Crippen LogP contribution is -2.38. The van der Waals surface area contributed by atoms with Gasteiger partial charge in [0, 0.05) is 14.2 Å². The highest BCUT2D eigenvalue weighted by atomic mass is 35.5. The number of rotatable bonds is 5. The lowest BCUT2D eigenvalue weighted by Gasteiger charge is -2.24. The molecule has 3 N–H and O–H groups in total. The van der Waals surface area contributed by atoms with Crippen molar-refractivity contribution in [2.45, 2.75) is 12.3 Å². The van der Waals surface area contributed by atoms with Gasteiger partial charge in [-0.25, -0.2) is 5.43 Å². The first kappa shape index (κ1) is 13.7. The van der Waals surface area contributed by atoms with Crippen molar-refractivity contribution < 1.29 is 9.47 Å². The van der Waals surface area contributed by atoms with Gasteiger partial charge in [-0.2, -0.15) is 0 Å². The van der Waals surface area contributed by atoms with Gasteiger partial charge in [-0.05, 0) is 17.7 Å². The number of hydrogen-bond acceptors (Lipinski definition) is 4. The van der Waals surface area contributed by atoms with Crippen molar-refractivity contribution in [3.05, 3.63) is 33.8 Å². The molecule has 6 heteroatoms. The van der Waals surface area contributed by atoms with Crippen molar-refractivity contribution in [3.63, 3.8) is 0 Å². The Morgan fingerprint density at radius 1 is 1.19 bits per heavy atom. The van der Waals surface area contributed by atoms with Crippen molar-refractivity contribution in [1.82, 2.24) is 5.43 Å². The minimum absolute atomic E-state index is 0.315. The van der Waals surface area contributed by atoms with Crippen LogP contribution in [-0.2, 0) is 9.47 Å². The number of nitrogens with two attached hydrogens (primary N) is 1. The highest BCUT2D eigenvalue weighted by Crippen LogP contribution is 2.27. The number of hydrogen-bond donors (Lipinski definition) is 2. The zero-order valence-corrected chi connectivity index (χ0v) is 10.5. The third-order valence-corrected chi connectivity index (χ3v) is 2.96. The molecule has 0 amide bonds. The van der Waals surface area contributed by atoms with Crippen molar-refractivity contribution in [3.8, 4) is 0 Å². The summed E-state index contributed by atoms with van der Waals surface area (Å²) < 4.78 is 10.3. The van der Waals surface area contributed by atoms with Crippen LogP contribution in [-0.4, -0.2) is 20.5 Å². The number of methoxy groups -OCH3 is 2. The molecule has 0 spiro atoms. The minimum atomic E-state index is -0.498. The van der Waals surface area contributed by atoms with Gasteiger partial charge in [0.25, 0.3) is 0 Å². The van der Waals surface area contributed by atoms with E-state index in [4.69, 9.17) is 38.5 Å². The SMILES string of the molecule is COC(OC)C(NN)c1ccc(Cl)c(Cl)c1. The fraction of sp³-hybridized carbons (Fsp3) is 0.400. The molecule has 0 fully saturated rings. The summed E-state index contributed by atoms with van der Waals surface area (Å²) in [5.41, 5.74) is 3.45. The van der Waals surface area contributed by atoms with E-state index in [1.165, 1.54) is 14.2 Å². The van der Waals surface area contributed by atoms with Crippen LogP contribution in [0.2, 0.25) is 10.0 Å². The van der Waals surface area contributed by atoms with E-state index >= 15 is 0 Å². The van der Waals surface area contributed by atoms with Crippen LogP contribution in [0.1, 0.15) is 11.6 Å². The molecule has 0 heterocycles. The molecule has 1 aromatic carbocycles. The fourth-order valence-electron chi connectivity index (χ4n) is 1.41. The Balaban J connectivity index is 2.98. The van der Waals surface area contributed by atoms with Gasteiger partial charge in [0.2, 0.25) is 0 Å². The van der Waals surface area contributed by atoms with E-state index in [0.717, 1.165) is 5.56 Å². The molecule has 0 radical (unpaired) electrons. The maximum Gasteiger partial charge on any atom is 0.177 e. The first-order valence-corrected chi connectivity index (χ1v) is 5.36. The Kier molecular flexibility index (Phi) is 5.48. The lowest BCUT2D eigenvalue weighted by atomic mass is 10.1. The van der Waals surface area contributed by atoms with Gasteiger partial charge in [-0.3, -0.25) is 5.84 Å². The van der Waals surface area contributed by atoms with Crippen LogP contribution in [0, 0.1) is 0 Å². The van der Waals surface area contributed by atoms with Crippen LogP contribution in [0.3, 0.4) is 0 Å². The van der Waals surface area contributed by atoms with E-state index in [-0.39, 0.29) is 6.04 Å². The summed E-state index contributed by atoms with van der Waals surface area (Å²) in [6.45, 7) is 0. The molecular weight excluding hydrogens is 251 g/mol. The summed E-state index contributed by atoms with van der Waals surface area (Å²) in [5, 5.41) is 0.956. The molecule has 0 bridgehead atoms. The van der Waals surface area contributed by atoms with Crippen molar-refractivity contribution in [2.24, 2.45) is 5.84 Å². The van der Waals surface area contributed by atoms with Gasteiger partial charge in [0.1, 0.15) is 0 Å². The highest BCUT2D eigenvalue weighted by Gasteiger charge is 2.22. The number of benzene rings is 1. The molecule has 0 saturated carbocycles. The molecule has 4 nitrogen and oxygen atoms in total. The van der Waals surface area contributed by atoms with E-state index in [1.807, 2.05) is 6.07 Å². The Morgan fingerprint density at radius 2 is 1.81 bits per heavy atom. The second kappa shape index (κ2) is 6.39. The third kappa shape index (κ3) is 3.07.